The highest BCUT2D eigenvalue weighted by atomic mass is 16.6. The van der Waals surface area contributed by atoms with E-state index in [9.17, 15) is 9.59 Å². The summed E-state index contributed by atoms with van der Waals surface area (Å²) < 4.78 is 17.2. The lowest BCUT2D eigenvalue weighted by Crippen LogP contribution is -2.63. The minimum absolute atomic E-state index is 0.0451. The minimum Gasteiger partial charge on any atom is -0.485 e. The van der Waals surface area contributed by atoms with Crippen LogP contribution in [0.15, 0.2) is 36.4 Å². The Labute approximate surface area is 182 Å². The molecule has 1 aromatic carbocycles. The fourth-order valence-corrected chi connectivity index (χ4v) is 6.30. The molecule has 31 heavy (non-hydrogen) atoms. The van der Waals surface area contributed by atoms with Gasteiger partial charge in [0, 0.05) is 41.9 Å². The average Bonchev–Trinajstić information content (AvgIpc) is 3.08. The number of carbonyl (C=O) groups excluding carboxylic acids is 2. The molecule has 1 fully saturated rings. The van der Waals surface area contributed by atoms with Crippen molar-refractivity contribution in [3.05, 3.63) is 47.6 Å². The molecule has 0 aromatic heterocycles. The van der Waals surface area contributed by atoms with Crippen LogP contribution in [0.3, 0.4) is 0 Å². The van der Waals surface area contributed by atoms with Crippen LogP contribution >= 0.6 is 0 Å². The van der Waals surface area contributed by atoms with E-state index < -0.39 is 0 Å². The monoisotopic (exact) mass is 423 g/mol. The van der Waals surface area contributed by atoms with Crippen LogP contribution in [0.5, 0.6) is 11.5 Å². The van der Waals surface area contributed by atoms with Gasteiger partial charge in [-0.3, -0.25) is 4.79 Å². The van der Waals surface area contributed by atoms with E-state index in [1.54, 1.807) is 6.92 Å². The van der Waals surface area contributed by atoms with E-state index in [0.717, 1.165) is 25.1 Å². The second-order valence-electron chi connectivity index (χ2n) is 9.07. The summed E-state index contributed by atoms with van der Waals surface area (Å²) in [5.41, 5.74) is 2.43. The Morgan fingerprint density at radius 2 is 2.16 bits per heavy atom. The van der Waals surface area contributed by atoms with E-state index >= 15 is 0 Å². The number of esters is 2. The molecule has 4 aliphatic rings. The molecule has 0 N–H and O–H groups in total. The van der Waals surface area contributed by atoms with E-state index in [0.29, 0.717) is 30.7 Å². The summed E-state index contributed by atoms with van der Waals surface area (Å²) in [5.74, 6) is 1.11. The molecule has 1 spiro atoms. The fourth-order valence-electron chi connectivity index (χ4n) is 6.30. The number of rotatable bonds is 5. The Balaban J connectivity index is 1.56. The number of likely N-dealkylation sites (N-methyl/N-ethyl adjacent to an activating group) is 1. The van der Waals surface area contributed by atoms with Crippen LogP contribution in [-0.4, -0.2) is 49.2 Å². The topological polar surface area (TPSA) is 65.1 Å². The molecule has 6 nitrogen and oxygen atoms in total. The summed E-state index contributed by atoms with van der Waals surface area (Å²) in [6.07, 6.45) is 10.7. The number of allylic oxidation sites excluding steroid dienone is 1. The van der Waals surface area contributed by atoms with Gasteiger partial charge in [0.05, 0.1) is 6.61 Å². The summed E-state index contributed by atoms with van der Waals surface area (Å²) in [6, 6.07) is 4.43. The lowest BCUT2D eigenvalue weighted by Gasteiger charge is -2.57. The Hall–Kier alpha value is -2.60. The first-order chi connectivity index (χ1) is 15.0. The largest absolute Gasteiger partial charge is 0.485 e. The second-order valence-corrected chi connectivity index (χ2v) is 9.07. The Morgan fingerprint density at radius 3 is 2.94 bits per heavy atom. The van der Waals surface area contributed by atoms with Crippen molar-refractivity contribution in [2.45, 2.75) is 50.7 Å². The van der Waals surface area contributed by atoms with Crippen molar-refractivity contribution in [1.29, 1.82) is 0 Å². The number of nitrogens with zero attached hydrogens (tertiary/aromatic N) is 1. The van der Waals surface area contributed by atoms with Gasteiger partial charge in [0.15, 0.2) is 11.5 Å². The maximum absolute atomic E-state index is 11.7. The molecule has 0 amide bonds. The summed E-state index contributed by atoms with van der Waals surface area (Å²) in [5, 5.41) is 0. The van der Waals surface area contributed by atoms with Crippen LogP contribution in [0.1, 0.15) is 37.8 Å². The third kappa shape index (κ3) is 3.03. The van der Waals surface area contributed by atoms with Gasteiger partial charge >= 0.3 is 11.9 Å². The Morgan fingerprint density at radius 1 is 1.32 bits per heavy atom. The van der Waals surface area contributed by atoms with Crippen LogP contribution in [0.4, 0.5) is 0 Å². The number of ether oxygens (including phenoxy) is 3. The standard InChI is InChI=1S/C25H29NO5/c1-4-29-21(28)7-5-6-16-8-10-18-19-14-17-9-11-20(30-15(2)27)23-22(17)25(18,24(16)31-23)12-13-26(19)3/h5,7-11,16,18-19,24H,4,6,12-14H2,1-3H3/b7-5+/t16-,18-,19+,24-,25-/m0/s1. The van der Waals surface area contributed by atoms with Gasteiger partial charge in [-0.05, 0) is 51.4 Å². The first-order valence-electron chi connectivity index (χ1n) is 11.2. The highest BCUT2D eigenvalue weighted by Crippen LogP contribution is 2.63. The summed E-state index contributed by atoms with van der Waals surface area (Å²) in [6.45, 7) is 4.60. The van der Waals surface area contributed by atoms with E-state index in [2.05, 4.69) is 30.2 Å². The van der Waals surface area contributed by atoms with Gasteiger partial charge in [-0.25, -0.2) is 4.79 Å². The molecule has 0 unspecified atom stereocenters. The first-order valence-corrected chi connectivity index (χ1v) is 11.2. The van der Waals surface area contributed by atoms with E-state index in [1.807, 2.05) is 12.1 Å². The Bertz CT molecular complexity index is 982. The van der Waals surface area contributed by atoms with Crippen molar-refractivity contribution >= 4 is 11.9 Å². The summed E-state index contributed by atoms with van der Waals surface area (Å²) >= 11 is 0. The van der Waals surface area contributed by atoms with Gasteiger partial charge < -0.3 is 19.1 Å². The van der Waals surface area contributed by atoms with Gasteiger partial charge in [-0.2, -0.15) is 0 Å². The van der Waals surface area contributed by atoms with Crippen molar-refractivity contribution in [3.8, 4) is 11.5 Å². The van der Waals surface area contributed by atoms with Gasteiger partial charge in [0.2, 0.25) is 0 Å². The molecule has 5 rings (SSSR count). The quantitative estimate of drug-likeness (QED) is 0.314. The first kappa shape index (κ1) is 20.3. The van der Waals surface area contributed by atoms with Crippen LogP contribution in [-0.2, 0) is 26.2 Å². The lowest BCUT2D eigenvalue weighted by atomic mass is 9.52. The molecular formula is C25H29NO5. The second kappa shape index (κ2) is 7.52. The molecule has 6 heteroatoms. The number of hydrogen-bond donors (Lipinski definition) is 0. The average molecular weight is 424 g/mol. The third-order valence-electron chi connectivity index (χ3n) is 7.47. The molecule has 2 heterocycles. The van der Waals surface area contributed by atoms with Gasteiger partial charge in [0.25, 0.3) is 0 Å². The van der Waals surface area contributed by atoms with Crippen molar-refractivity contribution in [1.82, 2.24) is 4.90 Å². The van der Waals surface area contributed by atoms with Crippen LogP contribution in [0, 0.1) is 11.8 Å². The zero-order valence-electron chi connectivity index (χ0n) is 18.3. The molecule has 1 aromatic rings. The molecule has 1 saturated heterocycles. The maximum Gasteiger partial charge on any atom is 0.330 e. The molecule has 164 valence electrons. The zero-order chi connectivity index (χ0) is 21.8. The van der Waals surface area contributed by atoms with Crippen molar-refractivity contribution in [2.24, 2.45) is 11.8 Å². The van der Waals surface area contributed by atoms with Crippen LogP contribution in [0.2, 0.25) is 0 Å². The smallest absolute Gasteiger partial charge is 0.330 e. The molecule has 0 radical (unpaired) electrons. The number of benzene rings is 1. The van der Waals surface area contributed by atoms with E-state index in [1.165, 1.54) is 24.1 Å². The van der Waals surface area contributed by atoms with Crippen molar-refractivity contribution < 1.29 is 23.8 Å². The predicted octanol–water partition coefficient (Wildman–Crippen LogP) is 3.18. The molecular weight excluding hydrogens is 394 g/mol. The van der Waals surface area contributed by atoms with Crippen LogP contribution < -0.4 is 9.47 Å². The highest BCUT2D eigenvalue weighted by Gasteiger charge is 2.64. The minimum atomic E-state index is -0.340. The SMILES string of the molecule is CCOC(=O)/C=C/C[C@H]1C=C[C@H]2[C@H]3Cc4ccc(OC(C)=O)c5c4[C@@]2(CCN3C)[C@H]1O5. The van der Waals surface area contributed by atoms with Gasteiger partial charge in [-0.1, -0.05) is 24.3 Å². The zero-order valence-corrected chi connectivity index (χ0v) is 18.3. The predicted molar refractivity (Wildman–Crippen MR) is 115 cm³/mol. The number of carbonyl (C=O) groups is 2. The van der Waals surface area contributed by atoms with Crippen molar-refractivity contribution in [3.63, 3.8) is 0 Å². The molecule has 2 aliphatic carbocycles. The van der Waals surface area contributed by atoms with E-state index in [4.69, 9.17) is 14.2 Å². The molecule has 5 atom stereocenters. The van der Waals surface area contributed by atoms with E-state index in [-0.39, 0.29) is 29.4 Å². The fraction of sp³-hybridized carbons (Fsp3) is 0.520. The Kier molecular flexibility index (Phi) is 4.93. The van der Waals surface area contributed by atoms with Crippen molar-refractivity contribution in [2.75, 3.05) is 20.2 Å². The van der Waals surface area contributed by atoms with Gasteiger partial charge in [-0.15, -0.1) is 0 Å². The molecule has 0 saturated carbocycles. The lowest BCUT2D eigenvalue weighted by molar-refractivity contribution is -0.137. The summed E-state index contributed by atoms with van der Waals surface area (Å²) in [4.78, 5) is 25.9. The number of piperidine rings is 1. The number of hydrogen-bond acceptors (Lipinski definition) is 6. The number of likely N-dealkylation sites (tertiary alicyclic amines) is 1. The third-order valence-corrected chi connectivity index (χ3v) is 7.47. The summed E-state index contributed by atoms with van der Waals surface area (Å²) in [7, 11) is 2.21. The van der Waals surface area contributed by atoms with Gasteiger partial charge in [0.1, 0.15) is 6.10 Å². The normalized spacial score (nSPS) is 32.5. The molecule has 2 bridgehead atoms. The highest BCUT2D eigenvalue weighted by molar-refractivity contribution is 5.81. The maximum atomic E-state index is 11.7. The molecule has 2 aliphatic heterocycles. The van der Waals surface area contributed by atoms with Crippen LogP contribution in [0.25, 0.3) is 0 Å².